The van der Waals surface area contributed by atoms with Crippen molar-refractivity contribution in [3.63, 3.8) is 0 Å². The molecule has 4 nitrogen and oxygen atoms in total. The molecule has 7 atom stereocenters. The van der Waals surface area contributed by atoms with Gasteiger partial charge in [0.15, 0.2) is 0 Å². The minimum atomic E-state index is -0.381. The van der Waals surface area contributed by atoms with Gasteiger partial charge in [-0.2, -0.15) is 0 Å². The molecule has 3 saturated carbocycles. The van der Waals surface area contributed by atoms with Crippen molar-refractivity contribution in [2.45, 2.75) is 63.0 Å². The first-order valence-electron chi connectivity index (χ1n) is 7.93. The van der Waals surface area contributed by atoms with Crippen LogP contribution in [-0.2, 0) is 9.53 Å². The highest BCUT2D eigenvalue weighted by Gasteiger charge is 2.72. The summed E-state index contributed by atoms with van der Waals surface area (Å²) in [6, 6.07) is 0.409. The molecule has 0 radical (unpaired) electrons. The van der Waals surface area contributed by atoms with Gasteiger partial charge >= 0.3 is 0 Å². The van der Waals surface area contributed by atoms with E-state index in [-0.39, 0.29) is 30.3 Å². The highest BCUT2D eigenvalue weighted by atomic mass is 16.5. The molecule has 1 amide bonds. The fourth-order valence-electron chi connectivity index (χ4n) is 5.84. The van der Waals surface area contributed by atoms with E-state index in [0.717, 1.165) is 19.3 Å². The maximum Gasteiger partial charge on any atom is 0.228 e. The summed E-state index contributed by atoms with van der Waals surface area (Å²) in [5, 5.41) is 10.2. The smallest absolute Gasteiger partial charge is 0.228 e. The average molecular weight is 263 g/mol. The zero-order valence-corrected chi connectivity index (χ0v) is 11.1. The quantitative estimate of drug-likeness (QED) is 0.771. The number of hydrogen-bond donors (Lipinski definition) is 1. The van der Waals surface area contributed by atoms with Crippen molar-refractivity contribution in [3.8, 4) is 0 Å². The van der Waals surface area contributed by atoms with Crippen LogP contribution < -0.4 is 0 Å². The molecule has 0 unspecified atom stereocenters. The molecule has 104 valence electrons. The first-order chi connectivity index (χ1) is 9.27. The van der Waals surface area contributed by atoms with Crippen LogP contribution in [0.2, 0.25) is 0 Å². The number of rotatable bonds is 1. The summed E-state index contributed by atoms with van der Waals surface area (Å²) in [4.78, 5) is 14.9. The molecule has 2 saturated heterocycles. The third-order valence-electron chi connectivity index (χ3n) is 6.52. The highest BCUT2D eigenvalue weighted by Crippen LogP contribution is 2.64. The molecule has 2 bridgehead atoms. The average Bonchev–Trinajstić information content (AvgIpc) is 3.08. The largest absolute Gasteiger partial charge is 0.390 e. The van der Waals surface area contributed by atoms with Gasteiger partial charge in [0.05, 0.1) is 18.1 Å². The van der Waals surface area contributed by atoms with Gasteiger partial charge in [-0.15, -0.1) is 0 Å². The van der Waals surface area contributed by atoms with Crippen molar-refractivity contribution in [1.82, 2.24) is 4.90 Å². The molecule has 1 N–H and O–H groups in total. The second-order valence-corrected chi connectivity index (χ2v) is 7.19. The number of nitrogens with zero attached hydrogens (tertiary/aromatic N) is 1. The van der Waals surface area contributed by atoms with Crippen LogP contribution >= 0.6 is 0 Å². The fraction of sp³-hybridized carbons (Fsp3) is 0.933. The van der Waals surface area contributed by atoms with Gasteiger partial charge in [-0.3, -0.25) is 4.79 Å². The number of carbonyl (C=O) groups is 1. The predicted molar refractivity (Wildman–Crippen MR) is 67.0 cm³/mol. The van der Waals surface area contributed by atoms with Crippen LogP contribution in [0.5, 0.6) is 0 Å². The summed E-state index contributed by atoms with van der Waals surface area (Å²) in [5.41, 5.74) is 0. The number of aliphatic hydroxyl groups is 1. The van der Waals surface area contributed by atoms with E-state index in [4.69, 9.17) is 4.74 Å². The van der Waals surface area contributed by atoms with Crippen LogP contribution in [0.4, 0.5) is 0 Å². The number of fused-ring (bicyclic) bond motifs is 2. The highest BCUT2D eigenvalue weighted by molar-refractivity contribution is 5.84. The lowest BCUT2D eigenvalue weighted by Gasteiger charge is -2.37. The molecular formula is C15H21NO3. The number of amides is 1. The second kappa shape index (κ2) is 3.53. The van der Waals surface area contributed by atoms with E-state index in [0.29, 0.717) is 23.8 Å². The second-order valence-electron chi connectivity index (χ2n) is 7.19. The summed E-state index contributed by atoms with van der Waals surface area (Å²) >= 11 is 0. The summed E-state index contributed by atoms with van der Waals surface area (Å²) in [7, 11) is 0. The van der Waals surface area contributed by atoms with Crippen LogP contribution in [0.3, 0.4) is 0 Å². The van der Waals surface area contributed by atoms with E-state index in [1.54, 1.807) is 0 Å². The molecule has 2 aliphatic heterocycles. The van der Waals surface area contributed by atoms with Crippen molar-refractivity contribution >= 4 is 5.91 Å². The van der Waals surface area contributed by atoms with Crippen molar-refractivity contribution in [2.75, 3.05) is 0 Å². The lowest BCUT2D eigenvalue weighted by Crippen LogP contribution is -2.48. The molecular weight excluding hydrogens is 242 g/mol. The Balaban J connectivity index is 1.50. The Morgan fingerprint density at radius 2 is 1.95 bits per heavy atom. The Hall–Kier alpha value is -0.610. The lowest BCUT2D eigenvalue weighted by atomic mass is 9.80. The zero-order valence-electron chi connectivity index (χ0n) is 11.1. The van der Waals surface area contributed by atoms with Gasteiger partial charge in [0.25, 0.3) is 0 Å². The third-order valence-corrected chi connectivity index (χ3v) is 6.52. The van der Waals surface area contributed by atoms with Crippen LogP contribution in [0, 0.1) is 23.7 Å². The van der Waals surface area contributed by atoms with Crippen LogP contribution in [0.25, 0.3) is 0 Å². The molecule has 5 fully saturated rings. The van der Waals surface area contributed by atoms with Gasteiger partial charge in [-0.25, -0.2) is 0 Å². The normalized spacial score (nSPS) is 55.5. The molecule has 0 aromatic carbocycles. The van der Waals surface area contributed by atoms with E-state index >= 15 is 0 Å². The van der Waals surface area contributed by atoms with Gasteiger partial charge in [0.1, 0.15) is 6.23 Å². The summed E-state index contributed by atoms with van der Waals surface area (Å²) in [6.45, 7) is 0. The Morgan fingerprint density at radius 3 is 2.74 bits per heavy atom. The van der Waals surface area contributed by atoms with Crippen LogP contribution in [-0.4, -0.2) is 40.4 Å². The number of hydrogen-bond acceptors (Lipinski definition) is 3. The molecule has 0 spiro atoms. The van der Waals surface area contributed by atoms with Crippen LogP contribution in [0.15, 0.2) is 0 Å². The number of aliphatic hydroxyl groups excluding tert-OH is 1. The molecule has 0 aromatic rings. The van der Waals surface area contributed by atoms with E-state index < -0.39 is 0 Å². The van der Waals surface area contributed by atoms with Crippen molar-refractivity contribution < 1.29 is 14.6 Å². The Morgan fingerprint density at radius 1 is 1.16 bits per heavy atom. The topological polar surface area (TPSA) is 49.8 Å². The van der Waals surface area contributed by atoms with Gasteiger partial charge in [-0.1, -0.05) is 19.3 Å². The van der Waals surface area contributed by atoms with E-state index in [9.17, 15) is 9.90 Å². The number of carbonyl (C=O) groups excluding carboxylic acids is 1. The molecule has 5 rings (SSSR count). The Bertz CT molecular complexity index is 433. The number of likely N-dealkylation sites (tertiary alicyclic amines) is 1. The molecule has 5 aliphatic rings. The van der Waals surface area contributed by atoms with Gasteiger partial charge in [0.2, 0.25) is 5.91 Å². The van der Waals surface area contributed by atoms with E-state index in [2.05, 4.69) is 4.90 Å². The van der Waals surface area contributed by atoms with Crippen molar-refractivity contribution in [1.29, 1.82) is 0 Å². The molecule has 4 heteroatoms. The predicted octanol–water partition coefficient (Wildman–Crippen LogP) is 1.13. The zero-order chi connectivity index (χ0) is 12.7. The maximum absolute atomic E-state index is 12.8. The van der Waals surface area contributed by atoms with Crippen molar-refractivity contribution in [3.05, 3.63) is 0 Å². The first-order valence-corrected chi connectivity index (χ1v) is 7.93. The maximum atomic E-state index is 12.8. The van der Waals surface area contributed by atoms with E-state index in [1.807, 2.05) is 0 Å². The third kappa shape index (κ3) is 1.17. The molecule has 19 heavy (non-hydrogen) atoms. The van der Waals surface area contributed by atoms with Gasteiger partial charge < -0.3 is 14.7 Å². The number of ether oxygens (including phenoxy) is 1. The Labute approximate surface area is 113 Å². The summed E-state index contributed by atoms with van der Waals surface area (Å²) in [5.74, 6) is 1.41. The standard InChI is InChI=1S/C15H21NO3/c17-12-8-6-9-11-10(8)14(18)16(15(11)19-13(9)12)7-4-2-1-3-5-7/h7-13,15,17H,1-6H2/t8-,9-,10-,11-,12-,13+,15-/m1/s1. The van der Waals surface area contributed by atoms with Crippen LogP contribution in [0.1, 0.15) is 38.5 Å². The van der Waals surface area contributed by atoms with Gasteiger partial charge in [-0.05, 0) is 31.1 Å². The molecule has 2 heterocycles. The van der Waals surface area contributed by atoms with E-state index in [1.165, 1.54) is 19.3 Å². The Kier molecular flexibility index (Phi) is 2.06. The summed E-state index contributed by atoms with van der Waals surface area (Å²) in [6.07, 6.45) is 6.75. The minimum absolute atomic E-state index is 0.00208. The fourth-order valence-corrected chi connectivity index (χ4v) is 5.84. The monoisotopic (exact) mass is 263 g/mol. The lowest BCUT2D eigenvalue weighted by molar-refractivity contribution is -0.156. The van der Waals surface area contributed by atoms with Crippen molar-refractivity contribution in [2.24, 2.45) is 23.7 Å². The molecule has 3 aliphatic carbocycles. The molecule has 0 aromatic heterocycles. The summed E-state index contributed by atoms with van der Waals surface area (Å²) < 4.78 is 6.13. The SMILES string of the molecule is O=C1[C@@H]2[C@H]3C[C@H]4[C@H](O[C@H]([C@H]42)N1C1CCCCC1)[C@@H]3O. The van der Waals surface area contributed by atoms with Gasteiger partial charge in [0, 0.05) is 12.0 Å². The first kappa shape index (κ1) is 11.1. The minimum Gasteiger partial charge on any atom is -0.390 e.